The standard InChI is InChI=1S/C32H42O2S/c1-3-5-6-7-8-9-10-13-19-28-24-26-31(27-25-28)35(34-32(33)18-4-2,29-20-14-11-15-21-29)30-22-16-12-17-23-30/h11-12,14-17,20-27H,3-10,13,18-19H2,1-2H3. The first-order chi connectivity index (χ1) is 17.2. The van der Waals surface area contributed by atoms with Crippen LogP contribution in [0.4, 0.5) is 0 Å². The van der Waals surface area contributed by atoms with Crippen molar-refractivity contribution in [2.75, 3.05) is 0 Å². The van der Waals surface area contributed by atoms with Gasteiger partial charge in [0.1, 0.15) is 0 Å². The molecule has 0 fully saturated rings. The molecule has 0 aliphatic carbocycles. The lowest BCUT2D eigenvalue weighted by Gasteiger charge is -2.39. The quantitative estimate of drug-likeness (QED) is 0.198. The molecule has 35 heavy (non-hydrogen) atoms. The third kappa shape index (κ3) is 7.73. The van der Waals surface area contributed by atoms with Gasteiger partial charge in [0.05, 0.1) is 0 Å². The van der Waals surface area contributed by atoms with Crippen molar-refractivity contribution in [3.05, 3.63) is 90.5 Å². The predicted octanol–water partition coefficient (Wildman–Crippen LogP) is 9.91. The zero-order valence-corrected chi connectivity index (χ0v) is 22.4. The molecule has 0 amide bonds. The first-order valence-corrected chi connectivity index (χ1v) is 15.0. The Hall–Kier alpha value is -2.52. The fraction of sp³-hybridized carbons (Fsp3) is 0.406. The van der Waals surface area contributed by atoms with Crippen molar-refractivity contribution in [3.63, 3.8) is 0 Å². The van der Waals surface area contributed by atoms with Gasteiger partial charge in [-0.05, 0) is 71.5 Å². The molecular weight excluding hydrogens is 448 g/mol. The number of hydrogen-bond donors (Lipinski definition) is 0. The smallest absolute Gasteiger partial charge is 0.317 e. The van der Waals surface area contributed by atoms with Crippen LogP contribution in [0.1, 0.15) is 83.6 Å². The summed E-state index contributed by atoms with van der Waals surface area (Å²) in [6.45, 7) is 4.29. The second-order valence-corrected chi connectivity index (χ2v) is 11.9. The van der Waals surface area contributed by atoms with Gasteiger partial charge in [-0.2, -0.15) is 0 Å². The van der Waals surface area contributed by atoms with Crippen LogP contribution in [0.15, 0.2) is 99.6 Å². The Morgan fingerprint density at radius 1 is 0.600 bits per heavy atom. The molecule has 0 saturated heterocycles. The van der Waals surface area contributed by atoms with Gasteiger partial charge >= 0.3 is 5.97 Å². The largest absolute Gasteiger partial charge is 0.402 e. The van der Waals surface area contributed by atoms with Gasteiger partial charge in [-0.1, -0.05) is 107 Å². The minimum Gasteiger partial charge on any atom is -0.402 e. The Bertz CT molecular complexity index is 944. The van der Waals surface area contributed by atoms with Gasteiger partial charge in [-0.25, -0.2) is 0 Å². The average Bonchev–Trinajstić information content (AvgIpc) is 2.90. The van der Waals surface area contributed by atoms with Crippen LogP contribution in [0.25, 0.3) is 0 Å². The van der Waals surface area contributed by atoms with Crippen molar-refractivity contribution in [1.82, 2.24) is 0 Å². The fourth-order valence-corrected chi connectivity index (χ4v) is 7.54. The first kappa shape index (κ1) is 27.1. The van der Waals surface area contributed by atoms with Gasteiger partial charge < -0.3 is 4.18 Å². The molecule has 0 radical (unpaired) electrons. The SMILES string of the molecule is CCCCCCCCCCc1ccc(S(OC(=O)CCC)(c2ccccc2)c2ccccc2)cc1. The summed E-state index contributed by atoms with van der Waals surface area (Å²) in [6, 6.07) is 29.4. The maximum Gasteiger partial charge on any atom is 0.317 e. The number of benzene rings is 3. The van der Waals surface area contributed by atoms with Crippen LogP contribution < -0.4 is 0 Å². The Morgan fingerprint density at radius 2 is 1.09 bits per heavy atom. The highest BCUT2D eigenvalue weighted by Crippen LogP contribution is 2.69. The zero-order valence-electron chi connectivity index (χ0n) is 21.6. The molecule has 0 bridgehead atoms. The van der Waals surface area contributed by atoms with E-state index in [0.717, 1.165) is 27.5 Å². The van der Waals surface area contributed by atoms with E-state index in [2.05, 4.69) is 55.5 Å². The first-order valence-electron chi connectivity index (χ1n) is 13.5. The maximum absolute atomic E-state index is 12.9. The van der Waals surface area contributed by atoms with Crippen molar-refractivity contribution in [1.29, 1.82) is 0 Å². The molecule has 0 spiro atoms. The molecule has 0 heterocycles. The van der Waals surface area contributed by atoms with Crippen LogP contribution in [-0.4, -0.2) is 5.97 Å². The molecule has 3 aromatic carbocycles. The summed E-state index contributed by atoms with van der Waals surface area (Å²) < 4.78 is 6.47. The monoisotopic (exact) mass is 490 g/mol. The van der Waals surface area contributed by atoms with E-state index in [4.69, 9.17) is 4.18 Å². The number of carbonyl (C=O) groups excluding carboxylic acids is 1. The van der Waals surface area contributed by atoms with Crippen molar-refractivity contribution in [2.24, 2.45) is 0 Å². The zero-order chi connectivity index (χ0) is 24.8. The third-order valence-corrected chi connectivity index (χ3v) is 9.64. The molecule has 3 aromatic rings. The molecule has 0 aliphatic rings. The van der Waals surface area contributed by atoms with E-state index in [1.165, 1.54) is 56.9 Å². The number of aryl methyl sites for hydroxylation is 1. The summed E-state index contributed by atoms with van der Waals surface area (Å²) in [6.07, 6.45) is 13.0. The number of unbranched alkanes of at least 4 members (excludes halogenated alkanes) is 7. The lowest BCUT2D eigenvalue weighted by molar-refractivity contribution is -0.133. The Morgan fingerprint density at radius 3 is 1.60 bits per heavy atom. The van der Waals surface area contributed by atoms with Crippen LogP contribution in [0, 0.1) is 0 Å². The summed E-state index contributed by atoms with van der Waals surface area (Å²) in [5.41, 5.74) is 1.36. The Balaban J connectivity index is 1.81. The number of hydrogen-bond acceptors (Lipinski definition) is 2. The molecule has 0 aliphatic heterocycles. The van der Waals surface area contributed by atoms with E-state index in [1.54, 1.807) is 0 Å². The normalized spacial score (nSPS) is 11.8. The highest BCUT2D eigenvalue weighted by atomic mass is 32.3. The van der Waals surface area contributed by atoms with E-state index in [-0.39, 0.29) is 5.97 Å². The van der Waals surface area contributed by atoms with E-state index in [1.807, 2.05) is 43.3 Å². The highest BCUT2D eigenvalue weighted by molar-refractivity contribution is 8.30. The minimum absolute atomic E-state index is 0.141. The van der Waals surface area contributed by atoms with Crippen LogP contribution in [0.3, 0.4) is 0 Å². The van der Waals surface area contributed by atoms with Crippen molar-refractivity contribution in [2.45, 2.75) is 99.2 Å². The van der Waals surface area contributed by atoms with Crippen LogP contribution in [-0.2, 0) is 15.4 Å². The van der Waals surface area contributed by atoms with Gasteiger partial charge in [0.15, 0.2) is 0 Å². The van der Waals surface area contributed by atoms with E-state index >= 15 is 0 Å². The van der Waals surface area contributed by atoms with Gasteiger partial charge in [-0.15, -0.1) is 0 Å². The van der Waals surface area contributed by atoms with E-state index in [9.17, 15) is 4.79 Å². The molecule has 0 atom stereocenters. The molecule has 0 N–H and O–H groups in total. The summed E-state index contributed by atoms with van der Waals surface area (Å²) in [5, 5.41) is 0. The number of rotatable bonds is 15. The lowest BCUT2D eigenvalue weighted by Crippen LogP contribution is -2.13. The van der Waals surface area contributed by atoms with Gasteiger partial charge in [0.2, 0.25) is 0 Å². The maximum atomic E-state index is 12.9. The Kier molecular flexibility index (Phi) is 11.4. The molecular formula is C32H42O2S. The summed E-state index contributed by atoms with van der Waals surface area (Å²) in [7, 11) is -2.16. The topological polar surface area (TPSA) is 26.3 Å². The molecule has 0 aromatic heterocycles. The number of carbonyl (C=O) groups is 1. The van der Waals surface area contributed by atoms with Crippen LogP contribution in [0.5, 0.6) is 0 Å². The predicted molar refractivity (Wildman–Crippen MR) is 149 cm³/mol. The summed E-state index contributed by atoms with van der Waals surface area (Å²) in [5.74, 6) is -0.141. The second-order valence-electron chi connectivity index (χ2n) is 9.26. The van der Waals surface area contributed by atoms with Crippen LogP contribution in [0.2, 0.25) is 0 Å². The summed E-state index contributed by atoms with van der Waals surface area (Å²) in [4.78, 5) is 16.1. The van der Waals surface area contributed by atoms with E-state index < -0.39 is 10.3 Å². The molecule has 188 valence electrons. The average molecular weight is 491 g/mol. The highest BCUT2D eigenvalue weighted by Gasteiger charge is 2.35. The van der Waals surface area contributed by atoms with Crippen molar-refractivity contribution < 1.29 is 8.98 Å². The fourth-order valence-electron chi connectivity index (χ4n) is 4.47. The van der Waals surface area contributed by atoms with Crippen LogP contribution >= 0.6 is 10.3 Å². The van der Waals surface area contributed by atoms with Crippen molar-refractivity contribution in [3.8, 4) is 0 Å². The molecule has 3 heteroatoms. The third-order valence-electron chi connectivity index (χ3n) is 6.40. The minimum atomic E-state index is -2.16. The lowest BCUT2D eigenvalue weighted by atomic mass is 10.0. The molecule has 0 saturated carbocycles. The van der Waals surface area contributed by atoms with E-state index in [0.29, 0.717) is 6.42 Å². The molecule has 0 unspecified atom stereocenters. The van der Waals surface area contributed by atoms with Gasteiger partial charge in [-0.3, -0.25) is 4.79 Å². The summed E-state index contributed by atoms with van der Waals surface area (Å²) >= 11 is 0. The molecule has 3 rings (SSSR count). The van der Waals surface area contributed by atoms with Crippen molar-refractivity contribution >= 4 is 16.3 Å². The van der Waals surface area contributed by atoms with Gasteiger partial charge in [0, 0.05) is 21.1 Å². The Labute approximate surface area is 214 Å². The van der Waals surface area contributed by atoms with Gasteiger partial charge in [0.25, 0.3) is 0 Å². The second kappa shape index (κ2) is 14.8. The molecule has 2 nitrogen and oxygen atoms in total.